The third-order valence-electron chi connectivity index (χ3n) is 5.89. The van der Waals surface area contributed by atoms with E-state index in [0.717, 1.165) is 5.75 Å². The van der Waals surface area contributed by atoms with Crippen molar-refractivity contribution in [3.05, 3.63) is 91.0 Å². The van der Waals surface area contributed by atoms with E-state index in [-0.39, 0.29) is 0 Å². The predicted octanol–water partition coefficient (Wildman–Crippen LogP) is 7.41. The lowest BCUT2D eigenvalue weighted by Gasteiger charge is -2.16. The van der Waals surface area contributed by atoms with Gasteiger partial charge in [-0.05, 0) is 78.5 Å². The van der Waals surface area contributed by atoms with Gasteiger partial charge in [-0.2, -0.15) is 0 Å². The fraction of sp³-hybridized carbons (Fsp3) is 0.0370. The first-order valence-corrected chi connectivity index (χ1v) is 9.57. The molecule has 28 heavy (non-hydrogen) atoms. The zero-order valence-corrected chi connectivity index (χ0v) is 15.6. The number of hydrogen-bond donors (Lipinski definition) is 0. The molecule has 1 heteroatoms. The Balaban J connectivity index is 1.79. The highest BCUT2D eigenvalue weighted by atomic mass is 16.5. The molecular weight excluding hydrogens is 340 g/mol. The van der Waals surface area contributed by atoms with Gasteiger partial charge in [0.25, 0.3) is 0 Å². The topological polar surface area (TPSA) is 9.23 Å². The summed E-state index contributed by atoms with van der Waals surface area (Å²) in [7, 11) is 1.70. The second kappa shape index (κ2) is 5.71. The van der Waals surface area contributed by atoms with Crippen LogP contribution in [0.1, 0.15) is 0 Å². The zero-order valence-electron chi connectivity index (χ0n) is 15.6. The van der Waals surface area contributed by atoms with Crippen molar-refractivity contribution in [2.75, 3.05) is 7.11 Å². The van der Waals surface area contributed by atoms with Crippen LogP contribution in [-0.2, 0) is 0 Å². The number of methoxy groups -OCH3 is 1. The van der Waals surface area contributed by atoms with E-state index in [1.165, 1.54) is 54.2 Å². The fourth-order valence-electron chi connectivity index (χ4n) is 4.60. The summed E-state index contributed by atoms with van der Waals surface area (Å²) in [4.78, 5) is 0. The van der Waals surface area contributed by atoms with Crippen molar-refractivity contribution >= 4 is 43.1 Å². The number of benzene rings is 6. The molecule has 0 aliphatic rings. The van der Waals surface area contributed by atoms with E-state index in [0.29, 0.717) is 0 Å². The summed E-state index contributed by atoms with van der Waals surface area (Å²) >= 11 is 0. The van der Waals surface area contributed by atoms with Crippen molar-refractivity contribution in [1.82, 2.24) is 0 Å². The molecule has 0 unspecified atom stereocenters. The predicted molar refractivity (Wildman–Crippen MR) is 120 cm³/mol. The molecule has 0 saturated carbocycles. The van der Waals surface area contributed by atoms with Crippen LogP contribution in [-0.4, -0.2) is 7.11 Å². The SMILES string of the molecule is COc1ccc(-c2cc3cccc4c5cccc6cccc(c(c2)c34)c65)cc1. The van der Waals surface area contributed by atoms with E-state index in [1.807, 2.05) is 12.1 Å². The second-order valence-corrected chi connectivity index (χ2v) is 7.37. The average Bonchev–Trinajstić information content (AvgIpc) is 2.77. The van der Waals surface area contributed by atoms with Gasteiger partial charge in [-0.1, -0.05) is 66.7 Å². The Morgan fingerprint density at radius 1 is 0.500 bits per heavy atom. The lowest BCUT2D eigenvalue weighted by molar-refractivity contribution is 0.415. The van der Waals surface area contributed by atoms with Crippen LogP contribution in [0.4, 0.5) is 0 Å². The van der Waals surface area contributed by atoms with E-state index < -0.39 is 0 Å². The highest BCUT2D eigenvalue weighted by Gasteiger charge is 2.13. The number of rotatable bonds is 2. The third-order valence-corrected chi connectivity index (χ3v) is 5.89. The van der Waals surface area contributed by atoms with E-state index in [1.54, 1.807) is 7.11 Å². The maximum absolute atomic E-state index is 5.32. The van der Waals surface area contributed by atoms with Crippen LogP contribution in [0.2, 0.25) is 0 Å². The maximum atomic E-state index is 5.32. The smallest absolute Gasteiger partial charge is 0.118 e. The molecule has 0 saturated heterocycles. The van der Waals surface area contributed by atoms with Gasteiger partial charge in [-0.3, -0.25) is 0 Å². The van der Waals surface area contributed by atoms with E-state index in [9.17, 15) is 0 Å². The minimum absolute atomic E-state index is 0.881. The van der Waals surface area contributed by atoms with Crippen LogP contribution in [0.25, 0.3) is 54.2 Å². The van der Waals surface area contributed by atoms with Crippen molar-refractivity contribution in [2.45, 2.75) is 0 Å². The number of ether oxygens (including phenoxy) is 1. The van der Waals surface area contributed by atoms with Gasteiger partial charge >= 0.3 is 0 Å². The van der Waals surface area contributed by atoms with Crippen molar-refractivity contribution in [3.63, 3.8) is 0 Å². The Kier molecular flexibility index (Phi) is 3.15. The average molecular weight is 358 g/mol. The number of fused-ring (bicyclic) bond motifs is 2. The van der Waals surface area contributed by atoms with Crippen molar-refractivity contribution < 1.29 is 4.74 Å². The van der Waals surface area contributed by atoms with Crippen LogP contribution in [0, 0.1) is 0 Å². The molecule has 0 spiro atoms. The summed E-state index contributed by atoms with van der Waals surface area (Å²) in [6.07, 6.45) is 0. The van der Waals surface area contributed by atoms with Gasteiger partial charge in [-0.25, -0.2) is 0 Å². The third kappa shape index (κ3) is 2.07. The Hall–Kier alpha value is -3.58. The Bertz CT molecular complexity index is 1470. The lowest BCUT2D eigenvalue weighted by Crippen LogP contribution is -1.88. The minimum Gasteiger partial charge on any atom is -0.497 e. The molecule has 6 aromatic rings. The summed E-state index contributed by atoms with van der Waals surface area (Å²) in [5, 5.41) is 10.6. The molecule has 132 valence electrons. The highest BCUT2D eigenvalue weighted by Crippen LogP contribution is 2.41. The minimum atomic E-state index is 0.881. The first-order chi connectivity index (χ1) is 13.8. The van der Waals surface area contributed by atoms with Crippen molar-refractivity contribution in [2.24, 2.45) is 0 Å². The van der Waals surface area contributed by atoms with Crippen molar-refractivity contribution in [3.8, 4) is 16.9 Å². The molecule has 0 atom stereocenters. The quantitative estimate of drug-likeness (QED) is 0.231. The van der Waals surface area contributed by atoms with Gasteiger partial charge in [0.05, 0.1) is 7.11 Å². The van der Waals surface area contributed by atoms with Gasteiger partial charge in [0.15, 0.2) is 0 Å². The lowest BCUT2D eigenvalue weighted by atomic mass is 9.88. The molecule has 0 N–H and O–H groups in total. The molecule has 0 amide bonds. The molecule has 0 aromatic heterocycles. The summed E-state index contributed by atoms with van der Waals surface area (Å²) < 4.78 is 5.32. The summed E-state index contributed by atoms with van der Waals surface area (Å²) in [6, 6.07) is 32.9. The van der Waals surface area contributed by atoms with E-state index >= 15 is 0 Å². The second-order valence-electron chi connectivity index (χ2n) is 7.37. The molecule has 6 aromatic carbocycles. The van der Waals surface area contributed by atoms with Crippen molar-refractivity contribution in [1.29, 1.82) is 0 Å². The molecular formula is C27H18O. The molecule has 0 heterocycles. The summed E-state index contributed by atoms with van der Waals surface area (Å²) in [6.45, 7) is 0. The number of hydrogen-bond acceptors (Lipinski definition) is 1. The summed E-state index contributed by atoms with van der Waals surface area (Å²) in [5.74, 6) is 0.881. The molecule has 0 radical (unpaired) electrons. The first kappa shape index (κ1) is 15.5. The molecule has 1 nitrogen and oxygen atoms in total. The van der Waals surface area contributed by atoms with Crippen LogP contribution < -0.4 is 4.74 Å². The Morgan fingerprint density at radius 3 is 1.71 bits per heavy atom. The van der Waals surface area contributed by atoms with Crippen LogP contribution in [0.5, 0.6) is 5.75 Å². The molecule has 0 bridgehead atoms. The maximum Gasteiger partial charge on any atom is 0.118 e. The van der Waals surface area contributed by atoms with Gasteiger partial charge in [0.2, 0.25) is 0 Å². The Labute approximate surface area is 163 Å². The summed E-state index contributed by atoms with van der Waals surface area (Å²) in [5.41, 5.74) is 2.44. The van der Waals surface area contributed by atoms with Gasteiger partial charge in [0, 0.05) is 0 Å². The van der Waals surface area contributed by atoms with E-state index in [4.69, 9.17) is 4.74 Å². The van der Waals surface area contributed by atoms with Gasteiger partial charge < -0.3 is 4.74 Å². The monoisotopic (exact) mass is 358 g/mol. The molecule has 0 aliphatic heterocycles. The standard InChI is InChI=1S/C27H18O/c1-28-21-13-11-17(12-14-21)20-15-19-7-4-9-23-22-8-2-5-18-6-3-10-24(26(18)22)25(16-20)27(19)23/h2-16H,1H3. The van der Waals surface area contributed by atoms with Gasteiger partial charge in [0.1, 0.15) is 5.75 Å². The highest BCUT2D eigenvalue weighted by molar-refractivity contribution is 6.33. The molecule has 0 fully saturated rings. The van der Waals surface area contributed by atoms with Crippen LogP contribution >= 0.6 is 0 Å². The zero-order chi connectivity index (χ0) is 18.7. The van der Waals surface area contributed by atoms with Crippen LogP contribution in [0.3, 0.4) is 0 Å². The fourth-order valence-corrected chi connectivity index (χ4v) is 4.60. The molecule has 6 rings (SSSR count). The first-order valence-electron chi connectivity index (χ1n) is 9.57. The van der Waals surface area contributed by atoms with Gasteiger partial charge in [-0.15, -0.1) is 0 Å². The molecule has 0 aliphatic carbocycles. The Morgan fingerprint density at radius 2 is 1.07 bits per heavy atom. The largest absolute Gasteiger partial charge is 0.497 e. The van der Waals surface area contributed by atoms with E-state index in [2.05, 4.69) is 78.9 Å². The van der Waals surface area contributed by atoms with Crippen LogP contribution in [0.15, 0.2) is 91.0 Å². The normalized spacial score (nSPS) is 11.8.